The van der Waals surface area contributed by atoms with Gasteiger partial charge in [0.2, 0.25) is 0 Å². The smallest absolute Gasteiger partial charge is 0.413 e. The summed E-state index contributed by atoms with van der Waals surface area (Å²) in [5.41, 5.74) is -0.792. The molecule has 1 fully saturated rings. The zero-order valence-corrected chi connectivity index (χ0v) is 16.6. The number of likely N-dealkylation sites (N-methyl/N-ethyl adjacent to an activating group) is 1. The fourth-order valence-corrected chi connectivity index (χ4v) is 3.28. The van der Waals surface area contributed by atoms with Gasteiger partial charge in [-0.05, 0) is 20.8 Å². The van der Waals surface area contributed by atoms with E-state index in [1.807, 2.05) is 20.8 Å². The van der Waals surface area contributed by atoms with Crippen LogP contribution in [0.5, 0.6) is 0 Å². The van der Waals surface area contributed by atoms with Gasteiger partial charge in [-0.1, -0.05) is 51.1 Å². The van der Waals surface area contributed by atoms with Crippen LogP contribution in [0.1, 0.15) is 51.9 Å². The lowest BCUT2D eigenvalue weighted by molar-refractivity contribution is -0.129. The normalized spacial score (nSPS) is 21.1. The van der Waals surface area contributed by atoms with Gasteiger partial charge >= 0.3 is 6.09 Å². The number of rotatable bonds is 2. The summed E-state index contributed by atoms with van der Waals surface area (Å²) in [6.45, 7) is 11.0. The Morgan fingerprint density at radius 3 is 2.00 bits per heavy atom. The molecule has 26 heavy (non-hydrogen) atoms. The molecule has 0 unspecified atom stereocenters. The number of benzene rings is 1. The molecule has 2 atom stereocenters. The molecule has 0 aromatic heterocycles. The lowest BCUT2D eigenvalue weighted by atomic mass is 9.91. The minimum Gasteiger partial charge on any atom is -0.444 e. The van der Waals surface area contributed by atoms with Gasteiger partial charge < -0.3 is 9.64 Å². The van der Waals surface area contributed by atoms with Gasteiger partial charge in [-0.25, -0.2) is 4.79 Å². The van der Waals surface area contributed by atoms with Crippen LogP contribution in [0.25, 0.3) is 0 Å². The Bertz CT molecular complexity index is 701. The Labute approximate surface area is 155 Å². The van der Waals surface area contributed by atoms with Gasteiger partial charge in [0.1, 0.15) is 11.8 Å². The van der Waals surface area contributed by atoms with E-state index in [0.29, 0.717) is 5.56 Å². The van der Waals surface area contributed by atoms with Crippen molar-refractivity contribution >= 4 is 17.8 Å². The van der Waals surface area contributed by atoms with E-state index in [2.05, 4.69) is 0 Å². The van der Waals surface area contributed by atoms with E-state index < -0.39 is 41.0 Å². The average molecular weight is 360 g/mol. The molecule has 1 heterocycles. The molecule has 0 spiro atoms. The summed E-state index contributed by atoms with van der Waals surface area (Å²) in [5.74, 6) is -0.801. The third-order valence-electron chi connectivity index (χ3n) is 4.18. The molecule has 0 radical (unpaired) electrons. The third kappa shape index (κ3) is 3.89. The van der Waals surface area contributed by atoms with Crippen LogP contribution >= 0.6 is 0 Å². The van der Waals surface area contributed by atoms with Crippen molar-refractivity contribution in [2.45, 2.75) is 59.4 Å². The van der Waals surface area contributed by atoms with Crippen molar-refractivity contribution in [2.24, 2.45) is 5.41 Å². The summed E-state index contributed by atoms with van der Waals surface area (Å²) < 4.78 is 5.52. The Balaban J connectivity index is 2.51. The highest BCUT2D eigenvalue weighted by Crippen LogP contribution is 2.36. The van der Waals surface area contributed by atoms with E-state index in [9.17, 15) is 14.4 Å². The number of amides is 2. The SMILES string of the molecule is CN1C(=O)[C@H](C(=O)c2ccccc2)N(C(=O)OC(C)(C)C)[C@H]1C(C)(C)C. The topological polar surface area (TPSA) is 66.9 Å². The monoisotopic (exact) mass is 360 g/mol. The van der Waals surface area contributed by atoms with E-state index in [4.69, 9.17) is 4.74 Å². The second-order valence-corrected chi connectivity index (χ2v) is 8.71. The predicted octanol–water partition coefficient (Wildman–Crippen LogP) is 3.32. The van der Waals surface area contributed by atoms with Crippen LogP contribution in [0, 0.1) is 5.41 Å². The van der Waals surface area contributed by atoms with Gasteiger partial charge in [-0.15, -0.1) is 0 Å². The van der Waals surface area contributed by atoms with Crippen molar-refractivity contribution in [1.29, 1.82) is 0 Å². The van der Waals surface area contributed by atoms with Crippen molar-refractivity contribution in [1.82, 2.24) is 9.80 Å². The van der Waals surface area contributed by atoms with Crippen molar-refractivity contribution in [3.8, 4) is 0 Å². The second kappa shape index (κ2) is 6.74. The minimum absolute atomic E-state index is 0.391. The quantitative estimate of drug-likeness (QED) is 0.599. The standard InChI is InChI=1S/C20H28N2O4/c1-19(2,3)17-21(7)16(24)14(15(23)13-11-9-8-10-12-13)22(17)18(25)26-20(4,5)6/h8-12,14,17H,1-7H3/t14-,17-/m0/s1. The lowest BCUT2D eigenvalue weighted by Crippen LogP contribution is -2.53. The second-order valence-electron chi connectivity index (χ2n) is 8.71. The fraction of sp³-hybridized carbons (Fsp3) is 0.550. The summed E-state index contributed by atoms with van der Waals surface area (Å²) >= 11 is 0. The van der Waals surface area contributed by atoms with Crippen LogP contribution in [0.2, 0.25) is 0 Å². The van der Waals surface area contributed by atoms with Crippen molar-refractivity contribution in [3.05, 3.63) is 35.9 Å². The van der Waals surface area contributed by atoms with Gasteiger partial charge in [0.15, 0.2) is 11.8 Å². The molecule has 6 heteroatoms. The zero-order chi connectivity index (χ0) is 19.9. The van der Waals surface area contributed by atoms with Gasteiger partial charge in [0.25, 0.3) is 5.91 Å². The van der Waals surface area contributed by atoms with Crippen LogP contribution in [-0.2, 0) is 9.53 Å². The molecule has 2 rings (SSSR count). The molecule has 0 N–H and O–H groups in total. The third-order valence-corrected chi connectivity index (χ3v) is 4.18. The Morgan fingerprint density at radius 1 is 1.00 bits per heavy atom. The molecule has 0 bridgehead atoms. The summed E-state index contributed by atoms with van der Waals surface area (Å²) in [6.07, 6.45) is -1.24. The molecule has 1 saturated heterocycles. The highest BCUT2D eigenvalue weighted by atomic mass is 16.6. The number of ether oxygens (including phenoxy) is 1. The molecule has 0 saturated carbocycles. The van der Waals surface area contributed by atoms with Crippen molar-refractivity contribution in [2.75, 3.05) is 7.05 Å². The number of Topliss-reactive ketones (excluding diaryl/α,β-unsaturated/α-hetero) is 1. The number of hydrogen-bond donors (Lipinski definition) is 0. The Hall–Kier alpha value is -2.37. The number of ketones is 1. The zero-order valence-electron chi connectivity index (χ0n) is 16.6. The number of carbonyl (C=O) groups excluding carboxylic acids is 3. The molecule has 1 aromatic rings. The Kier molecular flexibility index (Phi) is 5.17. The molecule has 1 aromatic carbocycles. The van der Waals surface area contributed by atoms with Crippen molar-refractivity contribution in [3.63, 3.8) is 0 Å². The van der Waals surface area contributed by atoms with Crippen LogP contribution in [0.15, 0.2) is 30.3 Å². The van der Waals surface area contributed by atoms with Crippen LogP contribution in [0.4, 0.5) is 4.79 Å². The number of hydrogen-bond acceptors (Lipinski definition) is 4. The summed E-state index contributed by atoms with van der Waals surface area (Å²) in [6, 6.07) is 7.33. The maximum absolute atomic E-state index is 13.1. The van der Waals surface area contributed by atoms with E-state index in [1.54, 1.807) is 58.2 Å². The summed E-state index contributed by atoms with van der Waals surface area (Å²) in [4.78, 5) is 41.7. The molecule has 1 aliphatic rings. The number of carbonyl (C=O) groups is 3. The van der Waals surface area contributed by atoms with E-state index >= 15 is 0 Å². The van der Waals surface area contributed by atoms with Crippen molar-refractivity contribution < 1.29 is 19.1 Å². The largest absolute Gasteiger partial charge is 0.444 e. The first kappa shape index (κ1) is 19.9. The number of nitrogens with zero attached hydrogens (tertiary/aromatic N) is 2. The van der Waals surface area contributed by atoms with Crippen LogP contribution < -0.4 is 0 Å². The van der Waals surface area contributed by atoms with E-state index in [-0.39, 0.29) is 0 Å². The van der Waals surface area contributed by atoms with E-state index in [1.165, 1.54) is 9.80 Å². The molecule has 142 valence electrons. The molecule has 2 amide bonds. The van der Waals surface area contributed by atoms with Gasteiger partial charge in [-0.2, -0.15) is 0 Å². The molecular formula is C20H28N2O4. The highest BCUT2D eigenvalue weighted by molar-refractivity contribution is 6.16. The maximum Gasteiger partial charge on any atom is 0.413 e. The van der Waals surface area contributed by atoms with Gasteiger partial charge in [-0.3, -0.25) is 14.5 Å². The molecule has 1 aliphatic heterocycles. The molecular weight excluding hydrogens is 332 g/mol. The summed E-state index contributed by atoms with van der Waals surface area (Å²) in [7, 11) is 1.62. The van der Waals surface area contributed by atoms with Gasteiger partial charge in [0, 0.05) is 18.0 Å². The first-order chi connectivity index (χ1) is 11.8. The first-order valence-electron chi connectivity index (χ1n) is 8.72. The lowest BCUT2D eigenvalue weighted by Gasteiger charge is -2.39. The average Bonchev–Trinajstić information content (AvgIpc) is 2.78. The van der Waals surface area contributed by atoms with Gasteiger partial charge in [0.05, 0.1) is 0 Å². The molecule has 0 aliphatic carbocycles. The molecule has 6 nitrogen and oxygen atoms in total. The minimum atomic E-state index is -1.22. The Morgan fingerprint density at radius 2 is 1.54 bits per heavy atom. The summed E-state index contributed by atoms with van der Waals surface area (Å²) in [5, 5.41) is 0. The van der Waals surface area contributed by atoms with Crippen LogP contribution in [-0.4, -0.2) is 52.4 Å². The van der Waals surface area contributed by atoms with E-state index in [0.717, 1.165) is 0 Å². The maximum atomic E-state index is 13.1. The van der Waals surface area contributed by atoms with Crippen LogP contribution in [0.3, 0.4) is 0 Å². The first-order valence-corrected chi connectivity index (χ1v) is 8.72. The predicted molar refractivity (Wildman–Crippen MR) is 98.6 cm³/mol. The highest BCUT2D eigenvalue weighted by Gasteiger charge is 2.55. The fourth-order valence-electron chi connectivity index (χ4n) is 3.28.